The quantitative estimate of drug-likeness (QED) is 0.324. The van der Waals surface area contributed by atoms with Gasteiger partial charge < -0.3 is 19.8 Å². The number of allylic oxidation sites excluding steroid dienone is 2. The number of ether oxygens (including phenoxy) is 1. The Hall–Kier alpha value is -3.74. The van der Waals surface area contributed by atoms with E-state index >= 15 is 0 Å². The minimum absolute atomic E-state index is 0.0741. The molecule has 2 N–H and O–H groups in total. The van der Waals surface area contributed by atoms with Crippen molar-refractivity contribution >= 4 is 45.1 Å². The molecule has 1 amide bonds. The number of nitriles is 1. The number of methoxy groups -OCH3 is 1. The van der Waals surface area contributed by atoms with Gasteiger partial charge >= 0.3 is 0 Å². The first-order chi connectivity index (χ1) is 17.4. The molecule has 0 bridgehead atoms. The minimum Gasteiger partial charge on any atom is -0.495 e. The standard InChI is InChI=1S/C27H22BrN3O4S/c1-16-24(26(33)31-20-6-3-4-7-22(20)34-2)25(23-8-5-13-35-23)19(14-29)27(30-16)36-15-21(32)17-9-11-18(28)12-10-17/h3-13,25,30H,15H2,1-2H3,(H,31,33)/t25-/m1/s1. The number of amides is 1. The van der Waals surface area contributed by atoms with Crippen LogP contribution in [-0.2, 0) is 4.79 Å². The summed E-state index contributed by atoms with van der Waals surface area (Å²) in [7, 11) is 1.53. The average molecular weight is 564 g/mol. The number of hydrogen-bond acceptors (Lipinski definition) is 7. The summed E-state index contributed by atoms with van der Waals surface area (Å²) in [5.41, 5.74) is 2.28. The zero-order valence-electron chi connectivity index (χ0n) is 19.5. The highest BCUT2D eigenvalue weighted by Gasteiger charge is 2.36. The number of ketones is 1. The molecule has 0 radical (unpaired) electrons. The fourth-order valence-corrected chi connectivity index (χ4v) is 5.11. The van der Waals surface area contributed by atoms with Gasteiger partial charge in [-0.1, -0.05) is 52.0 Å². The Kier molecular flexibility index (Phi) is 7.98. The molecule has 182 valence electrons. The highest BCUT2D eigenvalue weighted by atomic mass is 79.9. The lowest BCUT2D eigenvalue weighted by Gasteiger charge is -2.28. The Balaban J connectivity index is 1.64. The number of halogens is 1. The number of hydrogen-bond donors (Lipinski definition) is 2. The minimum atomic E-state index is -0.744. The average Bonchev–Trinajstić information content (AvgIpc) is 3.42. The Labute approximate surface area is 221 Å². The molecule has 1 aromatic heterocycles. The molecule has 0 fully saturated rings. The van der Waals surface area contributed by atoms with Crippen molar-refractivity contribution < 1.29 is 18.7 Å². The van der Waals surface area contributed by atoms with E-state index in [1.54, 1.807) is 49.4 Å². The lowest BCUT2D eigenvalue weighted by atomic mass is 9.85. The van der Waals surface area contributed by atoms with E-state index in [0.29, 0.717) is 44.6 Å². The third-order valence-corrected chi connectivity index (χ3v) is 7.13. The van der Waals surface area contributed by atoms with Crippen molar-refractivity contribution in [3.63, 3.8) is 0 Å². The maximum absolute atomic E-state index is 13.5. The zero-order chi connectivity index (χ0) is 25.7. The molecule has 9 heteroatoms. The normalized spacial score (nSPS) is 15.2. The van der Waals surface area contributed by atoms with Gasteiger partial charge in [0, 0.05) is 15.7 Å². The predicted molar refractivity (Wildman–Crippen MR) is 142 cm³/mol. The Bertz CT molecular complexity index is 1390. The third kappa shape index (κ3) is 5.40. The van der Waals surface area contributed by atoms with Crippen LogP contribution in [0, 0.1) is 11.3 Å². The van der Waals surface area contributed by atoms with Gasteiger partial charge in [0.2, 0.25) is 0 Å². The van der Waals surface area contributed by atoms with Gasteiger partial charge in [-0.3, -0.25) is 9.59 Å². The number of carbonyl (C=O) groups excluding carboxylic acids is 2. The lowest BCUT2D eigenvalue weighted by Crippen LogP contribution is -2.30. The number of furan rings is 1. The summed E-state index contributed by atoms with van der Waals surface area (Å²) in [6, 6.07) is 19.9. The Morgan fingerprint density at radius 1 is 1.17 bits per heavy atom. The molecule has 1 aliphatic heterocycles. The molecular weight excluding hydrogens is 542 g/mol. The smallest absolute Gasteiger partial charge is 0.254 e. The van der Waals surface area contributed by atoms with Crippen LogP contribution in [0.1, 0.15) is 29.0 Å². The number of carbonyl (C=O) groups is 2. The van der Waals surface area contributed by atoms with Crippen molar-refractivity contribution in [3.8, 4) is 11.8 Å². The molecule has 2 aromatic carbocycles. The third-order valence-electron chi connectivity index (χ3n) is 5.59. The van der Waals surface area contributed by atoms with Gasteiger partial charge in [0.1, 0.15) is 11.5 Å². The molecular formula is C27H22BrN3O4S. The van der Waals surface area contributed by atoms with Gasteiger partial charge in [-0.05, 0) is 43.3 Å². The predicted octanol–water partition coefficient (Wildman–Crippen LogP) is 6.00. The number of nitrogens with one attached hydrogen (secondary N) is 2. The van der Waals surface area contributed by atoms with E-state index in [0.717, 1.165) is 4.47 Å². The first-order valence-electron chi connectivity index (χ1n) is 10.9. The van der Waals surface area contributed by atoms with Crippen LogP contribution in [-0.4, -0.2) is 24.6 Å². The number of Topliss-reactive ketones (excluding diaryl/α,β-unsaturated/α-hetero) is 1. The van der Waals surface area contributed by atoms with Gasteiger partial charge in [-0.2, -0.15) is 5.26 Å². The molecule has 4 rings (SSSR count). The number of dihydropyridines is 1. The van der Waals surface area contributed by atoms with Crippen LogP contribution in [0.3, 0.4) is 0 Å². The molecule has 1 atom stereocenters. The molecule has 0 saturated carbocycles. The zero-order valence-corrected chi connectivity index (χ0v) is 21.9. The molecule has 36 heavy (non-hydrogen) atoms. The van der Waals surface area contributed by atoms with Gasteiger partial charge in [-0.15, -0.1) is 0 Å². The van der Waals surface area contributed by atoms with Crippen molar-refractivity contribution in [2.24, 2.45) is 0 Å². The van der Waals surface area contributed by atoms with Crippen molar-refractivity contribution in [1.82, 2.24) is 5.32 Å². The van der Waals surface area contributed by atoms with Crippen molar-refractivity contribution in [3.05, 3.63) is 105 Å². The van der Waals surface area contributed by atoms with Crippen molar-refractivity contribution in [1.29, 1.82) is 5.26 Å². The summed E-state index contributed by atoms with van der Waals surface area (Å²) in [4.78, 5) is 26.2. The maximum Gasteiger partial charge on any atom is 0.254 e. The van der Waals surface area contributed by atoms with Gasteiger partial charge in [0.15, 0.2) is 5.78 Å². The van der Waals surface area contributed by atoms with E-state index in [2.05, 4.69) is 32.6 Å². The van der Waals surface area contributed by atoms with Crippen LogP contribution in [0.25, 0.3) is 0 Å². The summed E-state index contributed by atoms with van der Waals surface area (Å²) < 4.78 is 11.9. The molecule has 0 unspecified atom stereocenters. The van der Waals surface area contributed by atoms with E-state index in [1.807, 2.05) is 18.2 Å². The molecule has 7 nitrogen and oxygen atoms in total. The number of para-hydroxylation sites is 2. The summed E-state index contributed by atoms with van der Waals surface area (Å²) in [5.74, 6) is -0.123. The van der Waals surface area contributed by atoms with Crippen LogP contribution < -0.4 is 15.4 Å². The number of anilines is 1. The SMILES string of the molecule is COc1ccccc1NC(=O)C1=C(C)NC(SCC(=O)c2ccc(Br)cc2)=C(C#N)[C@@H]1c1ccco1. The number of rotatable bonds is 8. The second kappa shape index (κ2) is 11.3. The van der Waals surface area contributed by atoms with Gasteiger partial charge in [0.05, 0.1) is 53.0 Å². The number of thioether (sulfide) groups is 1. The summed E-state index contributed by atoms with van der Waals surface area (Å²) in [6.07, 6.45) is 1.50. The second-order valence-corrected chi connectivity index (χ2v) is 9.74. The molecule has 3 aromatic rings. The topological polar surface area (TPSA) is 104 Å². The molecule has 0 aliphatic carbocycles. The molecule has 1 aliphatic rings. The van der Waals surface area contributed by atoms with Crippen LogP contribution in [0.15, 0.2) is 97.7 Å². The second-order valence-electron chi connectivity index (χ2n) is 7.84. The fourth-order valence-electron chi connectivity index (χ4n) is 3.86. The van der Waals surface area contributed by atoms with Crippen LogP contribution in [0.4, 0.5) is 5.69 Å². The first kappa shape index (κ1) is 25.4. The molecule has 0 spiro atoms. The summed E-state index contributed by atoms with van der Waals surface area (Å²) in [6.45, 7) is 1.76. The van der Waals surface area contributed by atoms with Gasteiger partial charge in [0.25, 0.3) is 5.91 Å². The Morgan fingerprint density at radius 2 is 1.92 bits per heavy atom. The van der Waals surface area contributed by atoms with E-state index in [9.17, 15) is 14.9 Å². The number of benzene rings is 2. The van der Waals surface area contributed by atoms with E-state index in [1.165, 1.54) is 25.1 Å². The molecule has 2 heterocycles. The molecule has 0 saturated heterocycles. The summed E-state index contributed by atoms with van der Waals surface area (Å²) >= 11 is 4.59. The van der Waals surface area contributed by atoms with Crippen LogP contribution in [0.5, 0.6) is 5.75 Å². The van der Waals surface area contributed by atoms with Crippen molar-refractivity contribution in [2.75, 3.05) is 18.2 Å². The largest absolute Gasteiger partial charge is 0.495 e. The van der Waals surface area contributed by atoms with E-state index in [-0.39, 0.29) is 11.5 Å². The lowest BCUT2D eigenvalue weighted by molar-refractivity contribution is -0.113. The summed E-state index contributed by atoms with van der Waals surface area (Å²) in [5, 5.41) is 16.7. The van der Waals surface area contributed by atoms with Crippen molar-refractivity contribution in [2.45, 2.75) is 12.8 Å². The monoisotopic (exact) mass is 563 g/mol. The van der Waals surface area contributed by atoms with E-state index < -0.39 is 11.8 Å². The maximum atomic E-state index is 13.5. The van der Waals surface area contributed by atoms with Crippen LogP contribution in [0.2, 0.25) is 0 Å². The first-order valence-corrected chi connectivity index (χ1v) is 12.7. The fraction of sp³-hybridized carbons (Fsp3) is 0.148. The van der Waals surface area contributed by atoms with Crippen LogP contribution >= 0.6 is 27.7 Å². The van der Waals surface area contributed by atoms with E-state index in [4.69, 9.17) is 9.15 Å². The number of nitrogens with zero attached hydrogens (tertiary/aromatic N) is 1. The van der Waals surface area contributed by atoms with Gasteiger partial charge in [-0.25, -0.2) is 0 Å². The Morgan fingerprint density at radius 3 is 2.58 bits per heavy atom. The highest BCUT2D eigenvalue weighted by molar-refractivity contribution is 9.10. The highest BCUT2D eigenvalue weighted by Crippen LogP contribution is 2.41.